The predicted molar refractivity (Wildman–Crippen MR) is 133 cm³/mol. The number of hydrogen-bond acceptors (Lipinski definition) is 6. The Balaban J connectivity index is 1.74. The van der Waals surface area contributed by atoms with Gasteiger partial charge in [-0.25, -0.2) is 9.69 Å². The van der Waals surface area contributed by atoms with Gasteiger partial charge in [0.2, 0.25) is 11.8 Å². The summed E-state index contributed by atoms with van der Waals surface area (Å²) in [6, 6.07) is 22.3. The Morgan fingerprint density at radius 2 is 1.61 bits per heavy atom. The summed E-state index contributed by atoms with van der Waals surface area (Å²) in [5.41, 5.74) is 1.43. The standard InChI is InChI=1S/C29H26N2O5/c1-17-10-7-8-15-22(17)25-23-24(29(30-25,28(35)36-3)20-12-5-4-6-13-20)27(34)31(26(23)33)21-14-9-11-19(16-21)18(2)32/h4-16,23-25,30H,1-3H3/t23-,24+,25+,29+/m1/s1. The second kappa shape index (κ2) is 8.84. The first-order chi connectivity index (χ1) is 17.3. The number of anilines is 1. The predicted octanol–water partition coefficient (Wildman–Crippen LogP) is 3.72. The van der Waals surface area contributed by atoms with Crippen molar-refractivity contribution in [1.29, 1.82) is 0 Å². The lowest BCUT2D eigenvalue weighted by atomic mass is 9.75. The first-order valence-electron chi connectivity index (χ1n) is 11.8. The van der Waals surface area contributed by atoms with Gasteiger partial charge in [-0.3, -0.25) is 19.7 Å². The van der Waals surface area contributed by atoms with Crippen LogP contribution < -0.4 is 10.2 Å². The topological polar surface area (TPSA) is 92.8 Å². The van der Waals surface area contributed by atoms with E-state index in [9.17, 15) is 19.2 Å². The highest BCUT2D eigenvalue weighted by Crippen LogP contribution is 2.54. The van der Waals surface area contributed by atoms with Gasteiger partial charge in [-0.15, -0.1) is 0 Å². The molecule has 0 aromatic heterocycles. The molecule has 0 unspecified atom stereocenters. The zero-order valence-corrected chi connectivity index (χ0v) is 20.2. The van der Waals surface area contributed by atoms with Crippen molar-refractivity contribution in [1.82, 2.24) is 5.32 Å². The third kappa shape index (κ3) is 3.38. The third-order valence-corrected chi connectivity index (χ3v) is 7.33. The summed E-state index contributed by atoms with van der Waals surface area (Å²) in [5, 5.41) is 3.40. The minimum absolute atomic E-state index is 0.177. The van der Waals surface area contributed by atoms with E-state index in [1.54, 1.807) is 42.5 Å². The number of ether oxygens (including phenoxy) is 1. The van der Waals surface area contributed by atoms with Crippen LogP contribution >= 0.6 is 0 Å². The van der Waals surface area contributed by atoms with Crippen molar-refractivity contribution < 1.29 is 23.9 Å². The van der Waals surface area contributed by atoms with Crippen LogP contribution in [0.1, 0.15) is 40.0 Å². The average molecular weight is 483 g/mol. The van der Waals surface area contributed by atoms with Crippen molar-refractivity contribution in [2.45, 2.75) is 25.4 Å². The molecule has 182 valence electrons. The lowest BCUT2D eigenvalue weighted by Crippen LogP contribution is -2.53. The van der Waals surface area contributed by atoms with E-state index in [2.05, 4.69) is 5.32 Å². The van der Waals surface area contributed by atoms with E-state index in [0.717, 1.165) is 16.0 Å². The molecule has 3 aromatic rings. The van der Waals surface area contributed by atoms with Crippen LogP contribution in [0.3, 0.4) is 0 Å². The molecule has 2 saturated heterocycles. The number of carbonyl (C=O) groups excluding carboxylic acids is 4. The number of fused-ring (bicyclic) bond motifs is 1. The van der Waals surface area contributed by atoms with Gasteiger partial charge in [-0.1, -0.05) is 66.7 Å². The molecule has 0 radical (unpaired) electrons. The van der Waals surface area contributed by atoms with Crippen LogP contribution in [0.2, 0.25) is 0 Å². The summed E-state index contributed by atoms with van der Waals surface area (Å²) in [5.74, 6) is -3.66. The molecule has 2 amide bonds. The number of amides is 2. The summed E-state index contributed by atoms with van der Waals surface area (Å²) in [6.45, 7) is 3.36. The number of nitrogens with one attached hydrogen (secondary N) is 1. The lowest BCUT2D eigenvalue weighted by molar-refractivity contribution is -0.152. The zero-order chi connectivity index (χ0) is 25.6. The highest BCUT2D eigenvalue weighted by atomic mass is 16.5. The summed E-state index contributed by atoms with van der Waals surface area (Å²) < 4.78 is 5.26. The van der Waals surface area contributed by atoms with E-state index in [1.807, 2.05) is 37.3 Å². The van der Waals surface area contributed by atoms with E-state index in [4.69, 9.17) is 4.74 Å². The molecule has 0 saturated carbocycles. The second-order valence-corrected chi connectivity index (χ2v) is 9.27. The number of methoxy groups -OCH3 is 1. The summed E-state index contributed by atoms with van der Waals surface area (Å²) >= 11 is 0. The van der Waals surface area contributed by atoms with Gasteiger partial charge in [0.1, 0.15) is 0 Å². The zero-order valence-electron chi connectivity index (χ0n) is 20.2. The fourth-order valence-electron chi connectivity index (χ4n) is 5.66. The number of Topliss-reactive ketones (excluding diaryl/α,β-unsaturated/α-hetero) is 1. The Hall–Kier alpha value is -4.10. The minimum atomic E-state index is -1.58. The van der Waals surface area contributed by atoms with Crippen LogP contribution in [0.25, 0.3) is 0 Å². The van der Waals surface area contributed by atoms with Crippen molar-refractivity contribution in [3.8, 4) is 0 Å². The van der Waals surface area contributed by atoms with Gasteiger partial charge in [-0.05, 0) is 42.7 Å². The van der Waals surface area contributed by atoms with Crippen LogP contribution in [0, 0.1) is 18.8 Å². The molecule has 36 heavy (non-hydrogen) atoms. The normalized spacial score (nSPS) is 25.1. The van der Waals surface area contributed by atoms with Gasteiger partial charge in [0.05, 0.1) is 24.6 Å². The molecule has 0 aliphatic carbocycles. The fourth-order valence-corrected chi connectivity index (χ4v) is 5.66. The molecule has 4 atom stereocenters. The van der Waals surface area contributed by atoms with E-state index in [-0.39, 0.29) is 5.78 Å². The molecule has 3 aromatic carbocycles. The quantitative estimate of drug-likeness (QED) is 0.339. The molecule has 0 spiro atoms. The van der Waals surface area contributed by atoms with Gasteiger partial charge >= 0.3 is 5.97 Å². The molecule has 5 rings (SSSR count). The van der Waals surface area contributed by atoms with Crippen LogP contribution in [0.15, 0.2) is 78.9 Å². The molecule has 2 heterocycles. The van der Waals surface area contributed by atoms with Gasteiger partial charge in [0.15, 0.2) is 11.3 Å². The Kier molecular flexibility index (Phi) is 5.80. The number of carbonyl (C=O) groups is 4. The van der Waals surface area contributed by atoms with Crippen LogP contribution in [0.5, 0.6) is 0 Å². The van der Waals surface area contributed by atoms with Gasteiger partial charge in [-0.2, -0.15) is 0 Å². The number of nitrogens with zero attached hydrogens (tertiary/aromatic N) is 1. The van der Waals surface area contributed by atoms with Crippen LogP contribution in [-0.2, 0) is 24.7 Å². The fraction of sp³-hybridized carbons (Fsp3) is 0.241. The third-order valence-electron chi connectivity index (χ3n) is 7.33. The number of imide groups is 1. The maximum absolute atomic E-state index is 14.1. The number of benzene rings is 3. The number of ketones is 1. The highest BCUT2D eigenvalue weighted by Gasteiger charge is 2.69. The summed E-state index contributed by atoms with van der Waals surface area (Å²) in [6.07, 6.45) is 0. The first-order valence-corrected chi connectivity index (χ1v) is 11.8. The number of rotatable bonds is 5. The van der Waals surface area contributed by atoms with Crippen molar-refractivity contribution in [2.24, 2.45) is 11.8 Å². The molecule has 0 bridgehead atoms. The Morgan fingerprint density at radius 1 is 0.917 bits per heavy atom. The Bertz CT molecular complexity index is 1390. The van der Waals surface area contributed by atoms with E-state index < -0.39 is 41.2 Å². The molecule has 2 fully saturated rings. The van der Waals surface area contributed by atoms with Crippen LogP contribution in [-0.4, -0.2) is 30.7 Å². The molecule has 2 aliphatic rings. The minimum Gasteiger partial charge on any atom is -0.467 e. The molecule has 1 N–H and O–H groups in total. The smallest absolute Gasteiger partial charge is 0.331 e. The maximum Gasteiger partial charge on any atom is 0.331 e. The molecule has 7 nitrogen and oxygen atoms in total. The summed E-state index contributed by atoms with van der Waals surface area (Å²) in [7, 11) is 1.28. The van der Waals surface area contributed by atoms with Crippen molar-refractivity contribution in [3.05, 3.63) is 101 Å². The Labute approximate surface area is 209 Å². The second-order valence-electron chi connectivity index (χ2n) is 9.27. The molecular formula is C29H26N2O5. The molecule has 7 heteroatoms. The molecule has 2 aliphatic heterocycles. The van der Waals surface area contributed by atoms with Crippen LogP contribution in [0.4, 0.5) is 5.69 Å². The summed E-state index contributed by atoms with van der Waals surface area (Å²) in [4.78, 5) is 54.8. The van der Waals surface area contributed by atoms with Gasteiger partial charge < -0.3 is 4.74 Å². The maximum atomic E-state index is 14.1. The molecular weight excluding hydrogens is 456 g/mol. The Morgan fingerprint density at radius 3 is 2.28 bits per heavy atom. The largest absolute Gasteiger partial charge is 0.467 e. The number of esters is 1. The highest BCUT2D eigenvalue weighted by molar-refractivity contribution is 6.24. The number of hydrogen-bond donors (Lipinski definition) is 1. The van der Waals surface area contributed by atoms with E-state index in [1.165, 1.54) is 20.1 Å². The SMILES string of the molecule is COC(=O)[C@@]1(c2ccccc2)N[C@@H](c2ccccc2C)[C@@H]2C(=O)N(c3cccc(C(C)=O)c3)C(=O)[C@H]21. The average Bonchev–Trinajstić information content (AvgIpc) is 3.38. The lowest BCUT2D eigenvalue weighted by Gasteiger charge is -2.33. The first kappa shape index (κ1) is 23.6. The van der Waals surface area contributed by atoms with Crippen molar-refractivity contribution in [2.75, 3.05) is 12.0 Å². The van der Waals surface area contributed by atoms with Crippen molar-refractivity contribution in [3.63, 3.8) is 0 Å². The number of aryl methyl sites for hydroxylation is 1. The van der Waals surface area contributed by atoms with Gasteiger partial charge in [0, 0.05) is 11.6 Å². The van der Waals surface area contributed by atoms with Crippen molar-refractivity contribution >= 4 is 29.3 Å². The van der Waals surface area contributed by atoms with E-state index >= 15 is 0 Å². The van der Waals surface area contributed by atoms with E-state index in [0.29, 0.717) is 16.8 Å². The van der Waals surface area contributed by atoms with Gasteiger partial charge in [0.25, 0.3) is 0 Å². The monoisotopic (exact) mass is 482 g/mol.